The predicted octanol–water partition coefficient (Wildman–Crippen LogP) is 3.95. The van der Waals surface area contributed by atoms with Crippen LogP contribution in [0.4, 0.5) is 13.2 Å². The number of benzene rings is 2. The van der Waals surface area contributed by atoms with Crippen LogP contribution < -0.4 is 5.32 Å². The Morgan fingerprint density at radius 2 is 1.52 bits per heavy atom. The molecule has 216 valence electrons. The summed E-state index contributed by atoms with van der Waals surface area (Å²) in [5.41, 5.74) is -0.309. The topological polar surface area (TPSA) is 73.0 Å². The summed E-state index contributed by atoms with van der Waals surface area (Å²) in [5.74, 6) is -0.584. The summed E-state index contributed by atoms with van der Waals surface area (Å²) in [7, 11) is 0. The molecule has 0 spiro atoms. The van der Waals surface area contributed by atoms with Crippen molar-refractivity contribution in [2.75, 3.05) is 45.8 Å². The highest BCUT2D eigenvalue weighted by Gasteiger charge is 2.34. The number of hydrogen-bond donors (Lipinski definition) is 1. The third-order valence-electron chi connectivity index (χ3n) is 8.20. The van der Waals surface area contributed by atoms with E-state index in [2.05, 4.69) is 29.0 Å². The van der Waals surface area contributed by atoms with Crippen LogP contribution in [-0.4, -0.2) is 90.2 Å². The van der Waals surface area contributed by atoms with Gasteiger partial charge in [0.15, 0.2) is 5.78 Å². The number of rotatable bonds is 9. The molecule has 0 aliphatic carbocycles. The van der Waals surface area contributed by atoms with Gasteiger partial charge in [-0.1, -0.05) is 24.3 Å². The molecule has 0 aromatic heterocycles. The summed E-state index contributed by atoms with van der Waals surface area (Å²) >= 11 is 0. The predicted molar refractivity (Wildman–Crippen MR) is 146 cm³/mol. The molecule has 0 saturated carbocycles. The van der Waals surface area contributed by atoms with Crippen molar-refractivity contribution in [1.29, 1.82) is 0 Å². The van der Waals surface area contributed by atoms with Gasteiger partial charge in [-0.05, 0) is 63.1 Å². The molecule has 1 N–H and O–H groups in total. The van der Waals surface area contributed by atoms with Gasteiger partial charge in [-0.25, -0.2) is 0 Å². The Labute approximate surface area is 233 Å². The van der Waals surface area contributed by atoms with Gasteiger partial charge < -0.3 is 10.2 Å². The average Bonchev–Trinajstić information content (AvgIpc) is 3.43. The highest BCUT2D eigenvalue weighted by Crippen LogP contribution is 2.29. The number of amides is 2. The second-order valence-electron chi connectivity index (χ2n) is 10.8. The molecule has 2 amide bonds. The molecule has 2 heterocycles. The maximum atomic E-state index is 12.9. The van der Waals surface area contributed by atoms with E-state index in [1.807, 2.05) is 35.2 Å². The van der Waals surface area contributed by atoms with Gasteiger partial charge in [-0.2, -0.15) is 13.2 Å². The van der Waals surface area contributed by atoms with E-state index >= 15 is 0 Å². The van der Waals surface area contributed by atoms with E-state index < -0.39 is 17.6 Å². The van der Waals surface area contributed by atoms with Crippen LogP contribution >= 0.6 is 0 Å². The quantitative estimate of drug-likeness (QED) is 0.505. The fraction of sp³-hybridized carbons (Fsp3) is 0.500. The standard InChI is InChI=1S/C30H37F3N4O3/c1-21(35-13-15-36(16-14-35)29(40)24-7-4-3-5-8-24)22(2)37-12-11-23(20-37)17-27(38)19-34-28(39)25-9-6-10-26(18-25)30(31,32)33/h3-10,18,21-23H,11-17,19-20H2,1-2H3,(H,34,39)/t21?,22?,23-/m0/s1. The zero-order valence-corrected chi connectivity index (χ0v) is 23.0. The lowest BCUT2D eigenvalue weighted by Crippen LogP contribution is -2.56. The molecule has 2 aliphatic rings. The minimum absolute atomic E-state index is 0.0685. The molecule has 2 unspecified atom stereocenters. The van der Waals surface area contributed by atoms with Gasteiger partial charge in [0.1, 0.15) is 0 Å². The number of nitrogens with one attached hydrogen (secondary N) is 1. The van der Waals surface area contributed by atoms with Crippen molar-refractivity contribution in [1.82, 2.24) is 20.0 Å². The minimum Gasteiger partial charge on any atom is -0.345 e. The van der Waals surface area contributed by atoms with Gasteiger partial charge in [0.2, 0.25) is 0 Å². The molecule has 2 aliphatic heterocycles. The molecule has 2 fully saturated rings. The number of alkyl halides is 3. The number of piperazine rings is 1. The monoisotopic (exact) mass is 558 g/mol. The van der Waals surface area contributed by atoms with Crippen molar-refractivity contribution >= 4 is 17.6 Å². The van der Waals surface area contributed by atoms with Gasteiger partial charge in [0, 0.05) is 62.4 Å². The molecule has 40 heavy (non-hydrogen) atoms. The number of nitrogens with zero attached hydrogens (tertiary/aromatic N) is 3. The van der Waals surface area contributed by atoms with Crippen LogP contribution in [0.15, 0.2) is 54.6 Å². The molecule has 4 rings (SSSR count). The van der Waals surface area contributed by atoms with Crippen LogP contribution in [0.25, 0.3) is 0 Å². The highest BCUT2D eigenvalue weighted by atomic mass is 19.4. The van der Waals surface area contributed by atoms with Crippen molar-refractivity contribution < 1.29 is 27.6 Å². The normalized spacial score (nSPS) is 20.2. The SMILES string of the molecule is CC(C(C)N1CC[C@@H](CC(=O)CNC(=O)c2cccc(C(F)(F)F)c2)C1)N1CCN(C(=O)c2ccccc2)CC1. The van der Waals surface area contributed by atoms with Gasteiger partial charge in [-0.3, -0.25) is 24.2 Å². The number of Topliss-reactive ketones (excluding diaryl/α,β-unsaturated/α-hetero) is 1. The second-order valence-corrected chi connectivity index (χ2v) is 10.8. The first-order valence-corrected chi connectivity index (χ1v) is 13.8. The Morgan fingerprint density at radius 3 is 2.20 bits per heavy atom. The summed E-state index contributed by atoms with van der Waals surface area (Å²) < 4.78 is 38.7. The summed E-state index contributed by atoms with van der Waals surface area (Å²) in [5, 5.41) is 2.46. The van der Waals surface area contributed by atoms with E-state index in [-0.39, 0.29) is 41.8 Å². The molecule has 2 aromatic rings. The fourth-order valence-corrected chi connectivity index (χ4v) is 5.62. The second kappa shape index (κ2) is 13.0. The molecular weight excluding hydrogens is 521 g/mol. The Kier molecular flexibility index (Phi) is 9.63. The van der Waals surface area contributed by atoms with Crippen LogP contribution in [0.3, 0.4) is 0 Å². The zero-order chi connectivity index (χ0) is 28.9. The van der Waals surface area contributed by atoms with Gasteiger partial charge in [-0.15, -0.1) is 0 Å². The molecule has 3 atom stereocenters. The van der Waals surface area contributed by atoms with E-state index in [9.17, 15) is 27.6 Å². The Hall–Kier alpha value is -3.24. The van der Waals surface area contributed by atoms with Crippen LogP contribution in [0.1, 0.15) is 53.0 Å². The third-order valence-corrected chi connectivity index (χ3v) is 8.20. The molecular formula is C30H37F3N4O3. The first-order chi connectivity index (χ1) is 19.0. The number of hydrogen-bond acceptors (Lipinski definition) is 5. The van der Waals surface area contributed by atoms with Crippen molar-refractivity contribution in [3.8, 4) is 0 Å². The smallest absolute Gasteiger partial charge is 0.345 e. The van der Waals surface area contributed by atoms with Crippen LogP contribution in [-0.2, 0) is 11.0 Å². The molecule has 0 bridgehead atoms. The van der Waals surface area contributed by atoms with E-state index in [0.717, 1.165) is 44.7 Å². The van der Waals surface area contributed by atoms with Crippen LogP contribution in [0, 0.1) is 5.92 Å². The minimum atomic E-state index is -4.54. The number of likely N-dealkylation sites (tertiary alicyclic amines) is 1. The molecule has 2 aromatic carbocycles. The van der Waals surface area contributed by atoms with Crippen molar-refractivity contribution in [3.05, 3.63) is 71.3 Å². The number of halogens is 3. The van der Waals surface area contributed by atoms with Crippen LogP contribution in [0.5, 0.6) is 0 Å². The maximum Gasteiger partial charge on any atom is 0.416 e. The lowest BCUT2D eigenvalue weighted by Gasteiger charge is -2.42. The summed E-state index contributed by atoms with van der Waals surface area (Å²) in [6, 6.07) is 14.1. The van der Waals surface area contributed by atoms with Crippen LogP contribution in [0.2, 0.25) is 0 Å². The molecule has 2 saturated heterocycles. The van der Waals surface area contributed by atoms with E-state index in [4.69, 9.17) is 0 Å². The fourth-order valence-electron chi connectivity index (χ4n) is 5.62. The van der Waals surface area contributed by atoms with Crippen molar-refractivity contribution in [3.63, 3.8) is 0 Å². The lowest BCUT2D eigenvalue weighted by atomic mass is 10.0. The number of carbonyl (C=O) groups excluding carboxylic acids is 3. The third kappa shape index (κ3) is 7.48. The van der Waals surface area contributed by atoms with Gasteiger partial charge >= 0.3 is 6.18 Å². The van der Waals surface area contributed by atoms with Crippen molar-refractivity contribution in [2.24, 2.45) is 5.92 Å². The van der Waals surface area contributed by atoms with E-state index in [1.54, 1.807) is 0 Å². The average molecular weight is 559 g/mol. The number of ketones is 1. The molecule has 7 nitrogen and oxygen atoms in total. The summed E-state index contributed by atoms with van der Waals surface area (Å²) in [4.78, 5) is 44.3. The number of carbonyl (C=O) groups is 3. The van der Waals surface area contributed by atoms with Gasteiger partial charge in [0.05, 0.1) is 12.1 Å². The van der Waals surface area contributed by atoms with Gasteiger partial charge in [0.25, 0.3) is 11.8 Å². The largest absolute Gasteiger partial charge is 0.416 e. The van der Waals surface area contributed by atoms with Crippen molar-refractivity contribution in [2.45, 2.75) is 44.9 Å². The van der Waals surface area contributed by atoms with E-state index in [1.165, 1.54) is 12.1 Å². The Bertz CT molecular complexity index is 1180. The zero-order valence-electron chi connectivity index (χ0n) is 23.0. The lowest BCUT2D eigenvalue weighted by molar-refractivity contribution is -0.137. The highest BCUT2D eigenvalue weighted by molar-refractivity contribution is 5.97. The summed E-state index contributed by atoms with van der Waals surface area (Å²) in [6.07, 6.45) is -3.34. The maximum absolute atomic E-state index is 12.9. The van der Waals surface area contributed by atoms with E-state index in [0.29, 0.717) is 25.1 Å². The molecule has 0 radical (unpaired) electrons. The Balaban J connectivity index is 1.19. The molecule has 10 heteroatoms. The first kappa shape index (κ1) is 29.7. The Morgan fingerprint density at radius 1 is 0.875 bits per heavy atom. The first-order valence-electron chi connectivity index (χ1n) is 13.8. The summed E-state index contributed by atoms with van der Waals surface area (Å²) in [6.45, 7) is 8.87.